The maximum Gasteiger partial charge on any atom is 0.157 e. The Bertz CT molecular complexity index is 539. The lowest BCUT2D eigenvalue weighted by Crippen LogP contribution is -2.34. The van der Waals surface area contributed by atoms with E-state index in [0.717, 1.165) is 43.2 Å². The van der Waals surface area contributed by atoms with E-state index in [1.165, 1.54) is 0 Å². The van der Waals surface area contributed by atoms with Crippen LogP contribution in [-0.4, -0.2) is 20.2 Å². The van der Waals surface area contributed by atoms with Crippen LogP contribution in [0, 0.1) is 12.8 Å². The largest absolute Gasteiger partial charge is 0.330 e. The lowest BCUT2D eigenvalue weighted by Gasteiger charge is -2.24. The third kappa shape index (κ3) is 3.83. The number of hydrogen-bond donors (Lipinski definition) is 1. The molecule has 2 atom stereocenters. The van der Waals surface area contributed by atoms with Crippen molar-refractivity contribution in [3.8, 4) is 0 Å². The summed E-state index contributed by atoms with van der Waals surface area (Å²) in [5.74, 6) is 0.280. The van der Waals surface area contributed by atoms with Crippen molar-refractivity contribution in [3.05, 3.63) is 35.4 Å². The van der Waals surface area contributed by atoms with Gasteiger partial charge in [-0.3, -0.25) is 0 Å². The molecule has 20 heavy (non-hydrogen) atoms. The van der Waals surface area contributed by atoms with Crippen molar-refractivity contribution in [2.24, 2.45) is 11.7 Å². The van der Waals surface area contributed by atoms with Crippen molar-refractivity contribution < 1.29 is 8.42 Å². The molecule has 1 aromatic rings. The van der Waals surface area contributed by atoms with Crippen LogP contribution in [0.5, 0.6) is 0 Å². The summed E-state index contributed by atoms with van der Waals surface area (Å²) in [6, 6.07) is 7.78. The van der Waals surface area contributed by atoms with Gasteiger partial charge in [-0.05, 0) is 37.8 Å². The fourth-order valence-corrected chi connectivity index (χ4v) is 5.45. The lowest BCUT2D eigenvalue weighted by molar-refractivity contribution is 0.456. The molecule has 0 spiro atoms. The van der Waals surface area contributed by atoms with Crippen LogP contribution in [0.15, 0.2) is 24.3 Å². The molecule has 0 aromatic heterocycles. The average Bonchev–Trinajstić information content (AvgIpc) is 2.63. The molecule has 3 nitrogen and oxygen atoms in total. The van der Waals surface area contributed by atoms with Crippen LogP contribution in [0.25, 0.3) is 0 Å². The van der Waals surface area contributed by atoms with Crippen molar-refractivity contribution in [2.45, 2.75) is 50.0 Å². The van der Waals surface area contributed by atoms with Crippen molar-refractivity contribution in [1.82, 2.24) is 0 Å². The molecule has 1 saturated carbocycles. The first kappa shape index (κ1) is 15.5. The Morgan fingerprint density at radius 1 is 1.20 bits per heavy atom. The second-order valence-electron chi connectivity index (χ2n) is 5.97. The van der Waals surface area contributed by atoms with Crippen molar-refractivity contribution in [1.29, 1.82) is 0 Å². The van der Waals surface area contributed by atoms with Gasteiger partial charge in [-0.25, -0.2) is 8.42 Å². The minimum atomic E-state index is -3.12. The van der Waals surface area contributed by atoms with Crippen LogP contribution in [0.4, 0.5) is 0 Å². The van der Waals surface area contributed by atoms with Crippen LogP contribution in [0.3, 0.4) is 0 Å². The Labute approximate surface area is 122 Å². The van der Waals surface area contributed by atoms with Gasteiger partial charge in [0, 0.05) is 0 Å². The summed E-state index contributed by atoms with van der Waals surface area (Å²) in [6.45, 7) is 2.47. The molecule has 1 fully saturated rings. The predicted octanol–water partition coefficient (Wildman–Crippen LogP) is 2.82. The molecule has 0 radical (unpaired) electrons. The predicted molar refractivity (Wildman–Crippen MR) is 83.2 cm³/mol. The highest BCUT2D eigenvalue weighted by Crippen LogP contribution is 2.30. The maximum atomic E-state index is 12.7. The van der Waals surface area contributed by atoms with Gasteiger partial charge in [0.05, 0.1) is 11.0 Å². The molecule has 2 rings (SSSR count). The molecule has 4 heteroatoms. The first-order valence-electron chi connectivity index (χ1n) is 7.50. The van der Waals surface area contributed by atoms with Crippen LogP contribution >= 0.6 is 0 Å². The molecule has 0 bridgehead atoms. The molecule has 0 saturated heterocycles. The first-order valence-corrected chi connectivity index (χ1v) is 9.21. The van der Waals surface area contributed by atoms with E-state index in [4.69, 9.17) is 5.73 Å². The minimum Gasteiger partial charge on any atom is -0.330 e. The SMILES string of the molecule is Cc1cccc(CS(=O)(=O)C2CCCCCC2CN)c1. The Morgan fingerprint density at radius 3 is 2.65 bits per heavy atom. The van der Waals surface area contributed by atoms with Crippen molar-refractivity contribution in [2.75, 3.05) is 6.54 Å². The van der Waals surface area contributed by atoms with Gasteiger partial charge in [0.25, 0.3) is 0 Å². The first-order chi connectivity index (χ1) is 9.53. The van der Waals surface area contributed by atoms with E-state index in [9.17, 15) is 8.42 Å². The Balaban J connectivity index is 2.19. The summed E-state index contributed by atoms with van der Waals surface area (Å²) >= 11 is 0. The number of benzene rings is 1. The maximum absolute atomic E-state index is 12.7. The second-order valence-corrected chi connectivity index (χ2v) is 8.19. The molecular formula is C16H25NO2S. The molecule has 2 unspecified atom stereocenters. The van der Waals surface area contributed by atoms with E-state index in [2.05, 4.69) is 0 Å². The molecule has 1 aliphatic rings. The summed E-state index contributed by atoms with van der Waals surface area (Å²) in [7, 11) is -3.12. The fourth-order valence-electron chi connectivity index (χ4n) is 3.23. The van der Waals surface area contributed by atoms with E-state index in [1.54, 1.807) is 0 Å². The molecule has 0 aliphatic heterocycles. The Kier molecular flexibility index (Phi) is 5.22. The van der Waals surface area contributed by atoms with Crippen LogP contribution in [0.2, 0.25) is 0 Å². The third-order valence-electron chi connectivity index (χ3n) is 4.30. The zero-order valence-electron chi connectivity index (χ0n) is 12.2. The van der Waals surface area contributed by atoms with E-state index in [1.807, 2.05) is 31.2 Å². The Hall–Kier alpha value is -0.870. The van der Waals surface area contributed by atoms with Gasteiger partial charge < -0.3 is 5.73 Å². The van der Waals surface area contributed by atoms with Crippen molar-refractivity contribution >= 4 is 9.84 Å². The molecule has 0 amide bonds. The van der Waals surface area contributed by atoms with Crippen LogP contribution in [0.1, 0.15) is 43.2 Å². The summed E-state index contributed by atoms with van der Waals surface area (Å²) in [4.78, 5) is 0. The van der Waals surface area contributed by atoms with Crippen LogP contribution in [-0.2, 0) is 15.6 Å². The third-order valence-corrected chi connectivity index (χ3v) is 6.58. The van der Waals surface area contributed by atoms with Crippen molar-refractivity contribution in [3.63, 3.8) is 0 Å². The monoisotopic (exact) mass is 295 g/mol. The smallest absolute Gasteiger partial charge is 0.157 e. The van der Waals surface area contributed by atoms with E-state index >= 15 is 0 Å². The van der Waals surface area contributed by atoms with E-state index in [-0.39, 0.29) is 16.9 Å². The van der Waals surface area contributed by atoms with Gasteiger partial charge in [0.2, 0.25) is 0 Å². The Morgan fingerprint density at radius 2 is 1.95 bits per heavy atom. The zero-order valence-corrected chi connectivity index (χ0v) is 13.0. The van der Waals surface area contributed by atoms with E-state index < -0.39 is 9.84 Å². The average molecular weight is 295 g/mol. The molecule has 2 N–H and O–H groups in total. The fraction of sp³-hybridized carbons (Fsp3) is 0.625. The summed E-state index contributed by atoms with van der Waals surface area (Å²) in [5, 5.41) is -0.254. The number of nitrogens with two attached hydrogens (primary N) is 1. The minimum absolute atomic E-state index is 0.132. The number of rotatable bonds is 4. The highest BCUT2D eigenvalue weighted by atomic mass is 32.2. The molecule has 112 valence electrons. The number of hydrogen-bond acceptors (Lipinski definition) is 3. The zero-order chi connectivity index (χ0) is 14.6. The van der Waals surface area contributed by atoms with E-state index in [0.29, 0.717) is 6.54 Å². The van der Waals surface area contributed by atoms with Crippen LogP contribution < -0.4 is 5.73 Å². The van der Waals surface area contributed by atoms with Gasteiger partial charge in [-0.1, -0.05) is 49.1 Å². The summed E-state index contributed by atoms with van der Waals surface area (Å²) < 4.78 is 25.5. The summed E-state index contributed by atoms with van der Waals surface area (Å²) in [5.41, 5.74) is 7.81. The highest BCUT2D eigenvalue weighted by molar-refractivity contribution is 7.91. The molecule has 1 aliphatic carbocycles. The van der Waals surface area contributed by atoms with Gasteiger partial charge in [0.15, 0.2) is 9.84 Å². The topological polar surface area (TPSA) is 60.2 Å². The van der Waals surface area contributed by atoms with Gasteiger partial charge in [-0.15, -0.1) is 0 Å². The van der Waals surface area contributed by atoms with Gasteiger partial charge >= 0.3 is 0 Å². The van der Waals surface area contributed by atoms with Gasteiger partial charge in [0.1, 0.15) is 0 Å². The molecule has 0 heterocycles. The number of aryl methyl sites for hydroxylation is 1. The summed E-state index contributed by atoms with van der Waals surface area (Å²) in [6.07, 6.45) is 4.98. The van der Waals surface area contributed by atoms with Gasteiger partial charge in [-0.2, -0.15) is 0 Å². The highest BCUT2D eigenvalue weighted by Gasteiger charge is 2.33. The molecular weight excluding hydrogens is 270 g/mol. The molecule has 1 aromatic carbocycles. The number of sulfone groups is 1. The second kappa shape index (κ2) is 6.72. The quantitative estimate of drug-likeness (QED) is 0.869. The standard InChI is InChI=1S/C16H25NO2S/c1-13-6-5-7-14(10-13)12-20(18,19)16-9-4-2-3-8-15(16)11-17/h5-7,10,15-16H,2-4,8-9,11-12,17H2,1H3. The lowest BCUT2D eigenvalue weighted by atomic mass is 10.0. The normalized spacial score (nSPS) is 24.3.